The highest BCUT2D eigenvalue weighted by atomic mass is 16.4. The predicted octanol–water partition coefficient (Wildman–Crippen LogP) is -2.03. The molecular weight excluding hydrogens is 334 g/mol. The first kappa shape index (κ1) is 22.8. The van der Waals surface area contributed by atoms with E-state index in [1.165, 1.54) is 0 Å². The van der Waals surface area contributed by atoms with Gasteiger partial charge in [0.1, 0.15) is 6.10 Å². The molecule has 0 aliphatic rings. The minimum absolute atomic E-state index is 0.0296. The summed E-state index contributed by atoms with van der Waals surface area (Å²) in [7, 11) is 0. The van der Waals surface area contributed by atoms with Gasteiger partial charge in [0.2, 0.25) is 17.7 Å². The number of carboxylic acid groups (broad SMARTS) is 1. The molecule has 0 bridgehead atoms. The summed E-state index contributed by atoms with van der Waals surface area (Å²) in [4.78, 5) is 44.7. The zero-order valence-electron chi connectivity index (χ0n) is 14.4. The maximum absolute atomic E-state index is 11.5. The first-order valence-corrected chi connectivity index (χ1v) is 8.02. The molecule has 25 heavy (non-hydrogen) atoms. The zero-order valence-corrected chi connectivity index (χ0v) is 14.4. The third-order valence-electron chi connectivity index (χ3n) is 3.15. The number of carbonyl (C=O) groups is 4. The number of aliphatic carboxylic acids is 1. The average molecular weight is 361 g/mol. The second-order valence-corrected chi connectivity index (χ2v) is 5.89. The molecule has 0 fully saturated rings. The Bertz CT molecular complexity index is 468. The summed E-state index contributed by atoms with van der Waals surface area (Å²) in [6.45, 7) is 3.77. The largest absolute Gasteiger partial charge is 0.481 e. The highest BCUT2D eigenvalue weighted by Crippen LogP contribution is 2.00. The van der Waals surface area contributed by atoms with Crippen LogP contribution in [0.5, 0.6) is 0 Å². The Hall–Kier alpha value is -2.20. The maximum atomic E-state index is 11.5. The highest BCUT2D eigenvalue weighted by Gasteiger charge is 2.18. The van der Waals surface area contributed by atoms with Crippen molar-refractivity contribution in [1.29, 1.82) is 0 Å². The van der Waals surface area contributed by atoms with Gasteiger partial charge in [0.05, 0.1) is 18.9 Å². The van der Waals surface area contributed by atoms with Crippen LogP contribution in [0.2, 0.25) is 0 Å². The first-order valence-electron chi connectivity index (χ1n) is 8.02. The van der Waals surface area contributed by atoms with Crippen LogP contribution >= 0.6 is 0 Å². The Morgan fingerprint density at radius 1 is 0.840 bits per heavy atom. The molecule has 0 aliphatic carbocycles. The molecule has 0 saturated heterocycles. The van der Waals surface area contributed by atoms with Crippen LogP contribution in [0.4, 0.5) is 0 Å². The van der Waals surface area contributed by atoms with Crippen molar-refractivity contribution in [2.45, 2.75) is 45.3 Å². The summed E-state index contributed by atoms with van der Waals surface area (Å²) in [5.74, 6) is -2.79. The molecule has 0 aromatic rings. The molecule has 0 aromatic carbocycles. The minimum Gasteiger partial charge on any atom is -0.481 e. The van der Waals surface area contributed by atoms with E-state index >= 15 is 0 Å². The van der Waals surface area contributed by atoms with Crippen LogP contribution < -0.4 is 16.0 Å². The number of hydrogen-bond acceptors (Lipinski definition) is 6. The van der Waals surface area contributed by atoms with Crippen molar-refractivity contribution in [3.63, 3.8) is 0 Å². The van der Waals surface area contributed by atoms with Crippen LogP contribution in [-0.4, -0.2) is 70.9 Å². The maximum Gasteiger partial charge on any atom is 0.305 e. The van der Waals surface area contributed by atoms with E-state index in [4.69, 9.17) is 5.11 Å². The smallest absolute Gasteiger partial charge is 0.305 e. The standard InChI is InChI=1S/C15H27N3O7/c1-9(2)14(24)15(25)18-4-3-11(20)16-5-6-17-12(21)7-10(19)8-13(22)23/h9-10,14,19,24H,3-8H2,1-2H3,(H,16,20)(H,17,21)(H,18,25)(H,22,23)/t10-,14-/m1/s1. The van der Waals surface area contributed by atoms with Gasteiger partial charge >= 0.3 is 5.97 Å². The van der Waals surface area contributed by atoms with E-state index in [0.29, 0.717) is 0 Å². The third-order valence-corrected chi connectivity index (χ3v) is 3.15. The molecule has 10 heteroatoms. The van der Waals surface area contributed by atoms with Crippen LogP contribution in [0.1, 0.15) is 33.1 Å². The SMILES string of the molecule is CC(C)[C@@H](O)C(=O)NCCC(=O)NCCNC(=O)C[C@@H](O)CC(=O)O. The lowest BCUT2D eigenvalue weighted by Gasteiger charge is -2.14. The van der Waals surface area contributed by atoms with Gasteiger partial charge < -0.3 is 31.3 Å². The number of aliphatic hydroxyl groups is 2. The number of carbonyl (C=O) groups excluding carboxylic acids is 3. The van der Waals surface area contributed by atoms with E-state index in [2.05, 4.69) is 16.0 Å². The lowest BCUT2D eigenvalue weighted by atomic mass is 10.1. The zero-order chi connectivity index (χ0) is 19.4. The highest BCUT2D eigenvalue weighted by molar-refractivity contribution is 5.82. The van der Waals surface area contributed by atoms with Gasteiger partial charge in [-0.25, -0.2) is 0 Å². The molecule has 10 nitrogen and oxygen atoms in total. The molecule has 144 valence electrons. The second-order valence-electron chi connectivity index (χ2n) is 5.89. The van der Waals surface area contributed by atoms with Gasteiger partial charge in [-0.05, 0) is 5.92 Å². The Morgan fingerprint density at radius 3 is 1.92 bits per heavy atom. The number of rotatable bonds is 12. The quantitative estimate of drug-likeness (QED) is 0.218. The van der Waals surface area contributed by atoms with E-state index < -0.39 is 36.4 Å². The normalized spacial score (nSPS) is 13.0. The number of carboxylic acids is 1. The summed E-state index contributed by atoms with van der Waals surface area (Å²) in [5.41, 5.74) is 0. The van der Waals surface area contributed by atoms with E-state index in [9.17, 15) is 29.4 Å². The van der Waals surface area contributed by atoms with Crippen molar-refractivity contribution in [1.82, 2.24) is 16.0 Å². The van der Waals surface area contributed by atoms with Crippen molar-refractivity contribution in [3.05, 3.63) is 0 Å². The predicted molar refractivity (Wildman–Crippen MR) is 87.4 cm³/mol. The fraction of sp³-hybridized carbons (Fsp3) is 0.733. The van der Waals surface area contributed by atoms with E-state index in [1.54, 1.807) is 13.8 Å². The van der Waals surface area contributed by atoms with Crippen molar-refractivity contribution in [3.8, 4) is 0 Å². The van der Waals surface area contributed by atoms with Gasteiger partial charge in [-0.1, -0.05) is 13.8 Å². The lowest BCUT2D eigenvalue weighted by Crippen LogP contribution is -2.40. The van der Waals surface area contributed by atoms with Gasteiger partial charge in [-0.3, -0.25) is 19.2 Å². The van der Waals surface area contributed by atoms with Gasteiger partial charge in [-0.2, -0.15) is 0 Å². The molecule has 0 heterocycles. The van der Waals surface area contributed by atoms with Crippen LogP contribution in [0.3, 0.4) is 0 Å². The van der Waals surface area contributed by atoms with Crippen LogP contribution in [0, 0.1) is 5.92 Å². The van der Waals surface area contributed by atoms with Crippen LogP contribution in [-0.2, 0) is 19.2 Å². The Balaban J connectivity index is 3.75. The van der Waals surface area contributed by atoms with Crippen LogP contribution in [0.25, 0.3) is 0 Å². The summed E-state index contributed by atoms with van der Waals surface area (Å²) < 4.78 is 0. The summed E-state index contributed by atoms with van der Waals surface area (Å²) in [6.07, 6.45) is -3.18. The number of aliphatic hydroxyl groups excluding tert-OH is 2. The molecule has 0 saturated carbocycles. The van der Waals surface area contributed by atoms with Gasteiger partial charge in [0, 0.05) is 26.1 Å². The fourth-order valence-corrected chi connectivity index (χ4v) is 1.76. The Kier molecular flexibility index (Phi) is 11.1. The van der Waals surface area contributed by atoms with Crippen LogP contribution in [0.15, 0.2) is 0 Å². The fourth-order valence-electron chi connectivity index (χ4n) is 1.76. The lowest BCUT2D eigenvalue weighted by molar-refractivity contribution is -0.139. The van der Waals surface area contributed by atoms with Gasteiger partial charge in [0.15, 0.2) is 0 Å². The second kappa shape index (κ2) is 12.2. The number of hydrogen-bond donors (Lipinski definition) is 6. The summed E-state index contributed by atoms with van der Waals surface area (Å²) in [5, 5.41) is 34.6. The molecular formula is C15H27N3O7. The molecule has 0 rings (SSSR count). The Labute approximate surface area is 146 Å². The molecule has 3 amide bonds. The van der Waals surface area contributed by atoms with E-state index in [-0.39, 0.29) is 44.3 Å². The van der Waals surface area contributed by atoms with Crippen molar-refractivity contribution >= 4 is 23.7 Å². The molecule has 0 unspecified atom stereocenters. The molecule has 0 aromatic heterocycles. The summed E-state index contributed by atoms with van der Waals surface area (Å²) >= 11 is 0. The molecule has 0 aliphatic heterocycles. The third kappa shape index (κ3) is 11.9. The Morgan fingerprint density at radius 2 is 1.40 bits per heavy atom. The molecule has 6 N–H and O–H groups in total. The van der Waals surface area contributed by atoms with Crippen molar-refractivity contribution in [2.75, 3.05) is 19.6 Å². The molecule has 0 spiro atoms. The summed E-state index contributed by atoms with van der Waals surface area (Å²) in [6, 6.07) is 0. The minimum atomic E-state index is -1.25. The molecule has 2 atom stereocenters. The average Bonchev–Trinajstić information content (AvgIpc) is 2.49. The van der Waals surface area contributed by atoms with Crippen molar-refractivity contribution < 1.29 is 34.5 Å². The monoisotopic (exact) mass is 361 g/mol. The molecule has 0 radical (unpaired) electrons. The van der Waals surface area contributed by atoms with Gasteiger partial charge in [-0.15, -0.1) is 0 Å². The number of amides is 3. The van der Waals surface area contributed by atoms with E-state index in [0.717, 1.165) is 0 Å². The first-order chi connectivity index (χ1) is 11.6. The topological polar surface area (TPSA) is 165 Å². The van der Waals surface area contributed by atoms with Crippen molar-refractivity contribution in [2.24, 2.45) is 5.92 Å². The number of nitrogens with one attached hydrogen (secondary N) is 3. The van der Waals surface area contributed by atoms with Gasteiger partial charge in [0.25, 0.3) is 0 Å². The van der Waals surface area contributed by atoms with E-state index in [1.807, 2.05) is 0 Å².